The number of ether oxygens (including phenoxy) is 2. The quantitative estimate of drug-likeness (QED) is 0.186. The van der Waals surface area contributed by atoms with Crippen molar-refractivity contribution in [2.24, 2.45) is 0 Å². The van der Waals surface area contributed by atoms with Gasteiger partial charge in [-0.2, -0.15) is 0 Å². The molecule has 4 aromatic carbocycles. The molecule has 0 heterocycles. The second-order valence-electron chi connectivity index (χ2n) is 10.3. The smallest absolute Gasteiger partial charge is 0.336 e. The molecular weight excluding hydrogens is 474 g/mol. The Hall–Kier alpha value is -3.67. The van der Waals surface area contributed by atoms with Crippen LogP contribution in [0.3, 0.4) is 0 Å². The van der Waals surface area contributed by atoms with Crippen molar-refractivity contribution >= 4 is 16.7 Å². The van der Waals surface area contributed by atoms with Crippen molar-refractivity contribution in [2.75, 3.05) is 13.2 Å². The second-order valence-corrected chi connectivity index (χ2v) is 10.3. The van der Waals surface area contributed by atoms with Gasteiger partial charge in [0.2, 0.25) is 0 Å². The Morgan fingerprint density at radius 2 is 1.63 bits per heavy atom. The lowest BCUT2D eigenvalue weighted by Gasteiger charge is -2.27. The summed E-state index contributed by atoms with van der Waals surface area (Å²) in [5.41, 5.74) is 3.14. The fourth-order valence-corrected chi connectivity index (χ4v) is 4.73. The van der Waals surface area contributed by atoms with Gasteiger partial charge in [0.1, 0.15) is 12.4 Å². The molecule has 0 aliphatic heterocycles. The normalized spacial score (nSPS) is 12.4. The van der Waals surface area contributed by atoms with E-state index in [1.807, 2.05) is 37.3 Å². The number of fused-ring (bicyclic) bond motifs is 1. The van der Waals surface area contributed by atoms with Crippen LogP contribution < -0.4 is 10.1 Å². The standard InChI is InChI=1S/C33H37NO4/c1-24(29-14-8-9-16-31(29)38-23-28-13-6-7-15-30(28)32(35)36)37-20-10-19-34-33(2,3)22-25-17-18-26-11-4-5-12-27(26)21-25/h4-9,11-18,21,24,34H,10,19-20,22-23H2,1-3H3,(H,35,36). The van der Waals surface area contributed by atoms with Crippen LogP contribution in [0.5, 0.6) is 5.75 Å². The summed E-state index contributed by atoms with van der Waals surface area (Å²) in [7, 11) is 0. The van der Waals surface area contributed by atoms with Crippen LogP contribution in [0.15, 0.2) is 91.0 Å². The Balaban J connectivity index is 1.25. The third-order valence-electron chi connectivity index (χ3n) is 6.74. The van der Waals surface area contributed by atoms with Gasteiger partial charge in [0, 0.05) is 23.3 Å². The van der Waals surface area contributed by atoms with Crippen molar-refractivity contribution < 1.29 is 19.4 Å². The number of para-hydroxylation sites is 1. The van der Waals surface area contributed by atoms with Gasteiger partial charge in [0.25, 0.3) is 0 Å². The number of aromatic carboxylic acids is 1. The predicted octanol–water partition coefficient (Wildman–Crippen LogP) is 7.20. The van der Waals surface area contributed by atoms with E-state index in [0.717, 1.165) is 24.9 Å². The van der Waals surface area contributed by atoms with Gasteiger partial charge < -0.3 is 19.9 Å². The van der Waals surface area contributed by atoms with Crippen LogP contribution in [0.25, 0.3) is 10.8 Å². The number of hydrogen-bond acceptors (Lipinski definition) is 4. The van der Waals surface area contributed by atoms with Crippen LogP contribution in [-0.4, -0.2) is 29.8 Å². The predicted molar refractivity (Wildman–Crippen MR) is 153 cm³/mol. The third kappa shape index (κ3) is 7.44. The Labute approximate surface area is 225 Å². The molecule has 1 unspecified atom stereocenters. The minimum Gasteiger partial charge on any atom is -0.488 e. The van der Waals surface area contributed by atoms with Crippen molar-refractivity contribution in [3.63, 3.8) is 0 Å². The molecule has 2 N–H and O–H groups in total. The highest BCUT2D eigenvalue weighted by Crippen LogP contribution is 2.28. The lowest BCUT2D eigenvalue weighted by atomic mass is 9.93. The number of rotatable bonds is 13. The van der Waals surface area contributed by atoms with Crippen molar-refractivity contribution in [3.8, 4) is 5.75 Å². The molecule has 198 valence electrons. The molecule has 5 heteroatoms. The molecule has 4 rings (SSSR count). The van der Waals surface area contributed by atoms with E-state index in [4.69, 9.17) is 9.47 Å². The maximum atomic E-state index is 11.5. The third-order valence-corrected chi connectivity index (χ3v) is 6.74. The van der Waals surface area contributed by atoms with E-state index in [-0.39, 0.29) is 23.8 Å². The highest BCUT2D eigenvalue weighted by molar-refractivity contribution is 5.89. The molecule has 0 bridgehead atoms. The average Bonchev–Trinajstić information content (AvgIpc) is 2.91. The van der Waals surface area contributed by atoms with Crippen LogP contribution in [0.4, 0.5) is 0 Å². The number of carbonyl (C=O) groups is 1. The fourth-order valence-electron chi connectivity index (χ4n) is 4.73. The van der Waals surface area contributed by atoms with Crippen LogP contribution >= 0.6 is 0 Å². The maximum Gasteiger partial charge on any atom is 0.336 e. The highest BCUT2D eigenvalue weighted by Gasteiger charge is 2.18. The summed E-state index contributed by atoms with van der Waals surface area (Å²) in [5, 5.41) is 15.7. The molecule has 4 aromatic rings. The fraction of sp³-hybridized carbons (Fsp3) is 0.303. The van der Waals surface area contributed by atoms with Crippen LogP contribution in [0, 0.1) is 0 Å². The molecule has 0 aromatic heterocycles. The van der Waals surface area contributed by atoms with Crippen molar-refractivity contribution in [3.05, 3.63) is 113 Å². The van der Waals surface area contributed by atoms with Crippen LogP contribution in [0.1, 0.15) is 60.3 Å². The zero-order valence-electron chi connectivity index (χ0n) is 22.4. The SMILES string of the molecule is CC(OCCCNC(C)(C)Cc1ccc2ccccc2c1)c1ccccc1OCc1ccccc1C(=O)O. The van der Waals surface area contributed by atoms with Crippen LogP contribution in [-0.2, 0) is 17.8 Å². The zero-order valence-corrected chi connectivity index (χ0v) is 22.4. The Kier molecular flexibility index (Phi) is 9.16. The van der Waals surface area contributed by atoms with Crippen molar-refractivity contribution in [1.29, 1.82) is 0 Å². The first-order valence-electron chi connectivity index (χ1n) is 13.2. The summed E-state index contributed by atoms with van der Waals surface area (Å²) >= 11 is 0. The number of nitrogens with one attached hydrogen (secondary N) is 1. The summed E-state index contributed by atoms with van der Waals surface area (Å²) in [6.45, 7) is 8.16. The van der Waals surface area contributed by atoms with E-state index in [2.05, 4.69) is 61.6 Å². The van der Waals surface area contributed by atoms with E-state index in [1.54, 1.807) is 18.2 Å². The number of benzene rings is 4. The summed E-state index contributed by atoms with van der Waals surface area (Å²) in [5.74, 6) is -0.252. The van der Waals surface area contributed by atoms with Gasteiger partial charge in [-0.05, 0) is 68.6 Å². The minimum absolute atomic E-state index is 0.0270. The molecule has 0 amide bonds. The summed E-state index contributed by atoms with van der Waals surface area (Å²) < 4.78 is 12.2. The van der Waals surface area contributed by atoms with Crippen LogP contribution in [0.2, 0.25) is 0 Å². The molecule has 0 aliphatic carbocycles. The minimum atomic E-state index is -0.955. The van der Waals surface area contributed by atoms with E-state index in [9.17, 15) is 9.90 Å². The zero-order chi connectivity index (χ0) is 27.0. The Morgan fingerprint density at radius 3 is 2.45 bits per heavy atom. The first-order chi connectivity index (χ1) is 18.3. The van der Waals surface area contributed by atoms with E-state index in [1.165, 1.54) is 16.3 Å². The summed E-state index contributed by atoms with van der Waals surface area (Å²) in [6.07, 6.45) is 1.69. The van der Waals surface area contributed by atoms with Gasteiger partial charge in [0.15, 0.2) is 0 Å². The maximum absolute atomic E-state index is 11.5. The molecular formula is C33H37NO4. The second kappa shape index (κ2) is 12.7. The van der Waals surface area contributed by atoms with E-state index >= 15 is 0 Å². The van der Waals surface area contributed by atoms with Gasteiger partial charge >= 0.3 is 5.97 Å². The summed E-state index contributed by atoms with van der Waals surface area (Å²) in [6, 6.07) is 29.8. The first-order valence-corrected chi connectivity index (χ1v) is 13.2. The van der Waals surface area contributed by atoms with Gasteiger partial charge in [-0.3, -0.25) is 0 Å². The largest absolute Gasteiger partial charge is 0.488 e. The van der Waals surface area contributed by atoms with Gasteiger partial charge in [0.05, 0.1) is 11.7 Å². The van der Waals surface area contributed by atoms with Gasteiger partial charge in [-0.15, -0.1) is 0 Å². The monoisotopic (exact) mass is 511 g/mol. The number of carboxylic acids is 1. The first kappa shape index (κ1) is 27.4. The molecule has 0 saturated carbocycles. The average molecular weight is 512 g/mol. The van der Waals surface area contributed by atoms with Gasteiger partial charge in [-0.25, -0.2) is 4.79 Å². The lowest BCUT2D eigenvalue weighted by Crippen LogP contribution is -2.42. The Morgan fingerprint density at radius 1 is 0.921 bits per heavy atom. The van der Waals surface area contributed by atoms with E-state index in [0.29, 0.717) is 17.9 Å². The lowest BCUT2D eigenvalue weighted by molar-refractivity contribution is 0.0606. The highest BCUT2D eigenvalue weighted by atomic mass is 16.5. The molecule has 0 saturated heterocycles. The number of hydrogen-bond donors (Lipinski definition) is 2. The molecule has 0 aliphatic rings. The van der Waals surface area contributed by atoms with E-state index < -0.39 is 5.97 Å². The van der Waals surface area contributed by atoms with Crippen molar-refractivity contribution in [1.82, 2.24) is 5.32 Å². The topological polar surface area (TPSA) is 67.8 Å². The number of carboxylic acid groups (broad SMARTS) is 1. The van der Waals surface area contributed by atoms with Crippen molar-refractivity contribution in [2.45, 2.75) is 51.9 Å². The molecule has 1 atom stereocenters. The molecule has 0 spiro atoms. The Bertz CT molecular complexity index is 1360. The molecule has 0 fully saturated rings. The molecule has 0 radical (unpaired) electrons. The van der Waals surface area contributed by atoms with Gasteiger partial charge in [-0.1, -0.05) is 78.9 Å². The molecule has 5 nitrogen and oxygen atoms in total. The summed E-state index contributed by atoms with van der Waals surface area (Å²) in [4.78, 5) is 11.5. The molecule has 38 heavy (non-hydrogen) atoms.